The fraction of sp³-hybridized carbons (Fsp3) is 0.588. The van der Waals surface area contributed by atoms with E-state index < -0.39 is 65.2 Å². The fourth-order valence-electron chi connectivity index (χ4n) is 3.14. The molecule has 226 valence electrons. The van der Waals surface area contributed by atoms with E-state index in [1.807, 2.05) is 0 Å². The van der Waals surface area contributed by atoms with Crippen LogP contribution in [-0.4, -0.2) is 72.1 Å². The molecular formula is C17H26N3O15P3S2. The maximum atomic E-state index is 12.5. The number of carbonyl (C=O) groups is 1. The lowest BCUT2D eigenvalue weighted by molar-refractivity contribution is -0.118. The average molecular weight is 669 g/mol. The monoisotopic (exact) mass is 669 g/mol. The summed E-state index contributed by atoms with van der Waals surface area (Å²) in [5, 5.41) is 2.42. The summed E-state index contributed by atoms with van der Waals surface area (Å²) in [4.78, 5) is 74.2. The fourth-order valence-corrected chi connectivity index (χ4v) is 7.57. The van der Waals surface area contributed by atoms with Gasteiger partial charge in [0.1, 0.15) is 23.3 Å². The number of H-pyrrole nitrogens is 1. The van der Waals surface area contributed by atoms with Crippen LogP contribution < -0.4 is 16.6 Å². The highest BCUT2D eigenvalue weighted by molar-refractivity contribution is 8.76. The van der Waals surface area contributed by atoms with Crippen LogP contribution in [0.15, 0.2) is 15.8 Å². The second kappa shape index (κ2) is 14.8. The number of amides is 1. The summed E-state index contributed by atoms with van der Waals surface area (Å²) in [7, 11) is -14.1. The number of hydrogen-bond donors (Lipinski definition) is 6. The van der Waals surface area contributed by atoms with Crippen molar-refractivity contribution >= 4 is 51.0 Å². The van der Waals surface area contributed by atoms with E-state index in [2.05, 4.69) is 35.3 Å². The zero-order valence-corrected chi connectivity index (χ0v) is 25.2. The third kappa shape index (κ3) is 11.9. The number of carbonyl (C=O) groups excluding carboxylic acids is 1. The van der Waals surface area contributed by atoms with Gasteiger partial charge in [0.25, 0.3) is 5.56 Å². The van der Waals surface area contributed by atoms with E-state index in [9.17, 15) is 37.9 Å². The number of hydrogen-bond acceptors (Lipinski definition) is 13. The molecule has 1 aromatic heterocycles. The first-order valence-electron chi connectivity index (χ1n) is 10.8. The highest BCUT2D eigenvalue weighted by atomic mass is 33.1. The van der Waals surface area contributed by atoms with Crippen molar-refractivity contribution in [1.82, 2.24) is 14.9 Å². The molecule has 0 radical (unpaired) electrons. The Morgan fingerprint density at radius 1 is 1.25 bits per heavy atom. The smallest absolute Gasteiger partial charge is 0.361 e. The van der Waals surface area contributed by atoms with E-state index in [1.54, 1.807) is 13.2 Å². The van der Waals surface area contributed by atoms with E-state index in [-0.39, 0.29) is 24.4 Å². The van der Waals surface area contributed by atoms with Crippen LogP contribution in [0.4, 0.5) is 0 Å². The molecule has 18 nitrogen and oxygen atoms in total. The summed E-state index contributed by atoms with van der Waals surface area (Å²) in [6, 6.07) is 0. The third-order valence-electron chi connectivity index (χ3n) is 4.52. The number of ether oxygens (including phenoxy) is 2. The van der Waals surface area contributed by atoms with Gasteiger partial charge in [-0.1, -0.05) is 33.4 Å². The van der Waals surface area contributed by atoms with Crippen molar-refractivity contribution in [3.8, 4) is 11.8 Å². The van der Waals surface area contributed by atoms with E-state index in [0.29, 0.717) is 0 Å². The maximum Gasteiger partial charge on any atom is 0.490 e. The lowest BCUT2D eigenvalue weighted by atomic mass is 10.2. The Labute approximate surface area is 234 Å². The van der Waals surface area contributed by atoms with E-state index in [4.69, 9.17) is 19.3 Å². The maximum absolute atomic E-state index is 12.5. The van der Waals surface area contributed by atoms with Gasteiger partial charge in [0.2, 0.25) is 5.91 Å². The van der Waals surface area contributed by atoms with Gasteiger partial charge in [-0.15, -0.1) is 0 Å². The van der Waals surface area contributed by atoms with Crippen LogP contribution in [-0.2, 0) is 41.1 Å². The van der Waals surface area contributed by atoms with Gasteiger partial charge in [0.05, 0.1) is 19.3 Å². The first-order valence-corrected chi connectivity index (χ1v) is 17.9. The minimum Gasteiger partial charge on any atom is -0.361 e. The second-order valence-electron chi connectivity index (χ2n) is 7.68. The first kappa shape index (κ1) is 34.9. The second-order valence-corrected chi connectivity index (χ2v) is 14.9. The highest BCUT2D eigenvalue weighted by Crippen LogP contribution is 2.66. The molecular weight excluding hydrogens is 643 g/mol. The van der Waals surface area contributed by atoms with Gasteiger partial charge in [-0.2, -0.15) is 8.62 Å². The zero-order chi connectivity index (χ0) is 30.3. The summed E-state index contributed by atoms with van der Waals surface area (Å²) in [5.74, 6) is 4.74. The molecule has 0 bridgehead atoms. The van der Waals surface area contributed by atoms with Crippen LogP contribution >= 0.6 is 45.1 Å². The van der Waals surface area contributed by atoms with Gasteiger partial charge in [-0.3, -0.25) is 23.7 Å². The number of nitrogens with one attached hydrogen (secondary N) is 2. The molecule has 23 heteroatoms. The molecule has 40 heavy (non-hydrogen) atoms. The number of aromatic amines is 1. The minimum absolute atomic E-state index is 0.0333. The van der Waals surface area contributed by atoms with Crippen molar-refractivity contribution in [1.29, 1.82) is 0 Å². The summed E-state index contributed by atoms with van der Waals surface area (Å²) >= 11 is 0. The number of nitrogens with zero attached hydrogens (tertiary/aromatic N) is 1. The zero-order valence-electron chi connectivity index (χ0n) is 20.9. The first-order chi connectivity index (χ1) is 18.4. The van der Waals surface area contributed by atoms with Crippen molar-refractivity contribution in [3.05, 3.63) is 32.6 Å². The van der Waals surface area contributed by atoms with Gasteiger partial charge in [-0.25, -0.2) is 18.5 Å². The summed E-state index contributed by atoms with van der Waals surface area (Å²) < 4.78 is 59.3. The Morgan fingerprint density at radius 3 is 2.52 bits per heavy atom. The largest absolute Gasteiger partial charge is 0.490 e. The standard InChI is InChI=1S/C17H26N3O15P3S2/c1-10(21)18-6-4-5-12-8-20(17(23)19-16(12)22)15-7-13(32-11(2)40-39-3)14(33-15)9-31-37(27,28)35-38(29,30)34-36(24,25)26/h8,11,13-15H,6-7,9H2,1-3H3,(H,18,21)(H,27,28)(H,29,30)(H,19,22,23)(H2,24,25,26)/t11-,13+,14?,15+/m0/s1. The SMILES string of the molecule is CSS[C@@H](C)O[C@@H]1C[C@H](n2cc(C#CCNC(C)=O)c(=O)[nH]c2=O)OC1COP(=O)(O)OP(=O)(O)OP(=O)(O)O. The molecule has 0 aliphatic carbocycles. The van der Waals surface area contributed by atoms with Crippen LogP contribution in [0.25, 0.3) is 0 Å². The predicted molar refractivity (Wildman–Crippen MR) is 141 cm³/mol. The number of phosphoric ester groups is 1. The normalized spacial score (nSPS) is 22.9. The molecule has 1 aromatic rings. The van der Waals surface area contributed by atoms with Gasteiger partial charge in [0.15, 0.2) is 0 Å². The molecule has 3 unspecified atom stereocenters. The Hall–Kier alpha value is -1.26. The minimum atomic E-state index is -5.73. The van der Waals surface area contributed by atoms with E-state index in [1.165, 1.54) is 28.5 Å². The molecule has 0 saturated carbocycles. The quantitative estimate of drug-likeness (QED) is 0.0718. The number of aromatic nitrogens is 2. The van der Waals surface area contributed by atoms with Crippen molar-refractivity contribution in [2.24, 2.45) is 0 Å². The van der Waals surface area contributed by atoms with Crippen LogP contribution in [0.3, 0.4) is 0 Å². The molecule has 6 N–H and O–H groups in total. The van der Waals surface area contributed by atoms with Crippen molar-refractivity contribution < 1.29 is 60.7 Å². The van der Waals surface area contributed by atoms with Crippen LogP contribution in [0.5, 0.6) is 0 Å². The summed E-state index contributed by atoms with van der Waals surface area (Å²) in [6.07, 6.45) is -0.304. The topological polar surface area (TPSA) is 262 Å². The van der Waals surface area contributed by atoms with Gasteiger partial charge in [0, 0.05) is 19.5 Å². The third-order valence-corrected chi connectivity index (χ3v) is 10.3. The Bertz CT molecular complexity index is 1390. The lowest BCUT2D eigenvalue weighted by Gasteiger charge is -2.23. The van der Waals surface area contributed by atoms with Crippen molar-refractivity contribution in [2.75, 3.05) is 19.4 Å². The molecule has 1 aliphatic heterocycles. The molecule has 2 heterocycles. The van der Waals surface area contributed by atoms with Gasteiger partial charge >= 0.3 is 29.2 Å². The van der Waals surface area contributed by atoms with Crippen LogP contribution in [0.2, 0.25) is 0 Å². The molecule has 1 amide bonds. The molecule has 1 fully saturated rings. The van der Waals surface area contributed by atoms with Crippen molar-refractivity contribution in [2.45, 2.75) is 44.1 Å². The van der Waals surface area contributed by atoms with E-state index in [0.717, 1.165) is 10.8 Å². The lowest BCUT2D eigenvalue weighted by Crippen LogP contribution is -2.33. The van der Waals surface area contributed by atoms with Gasteiger partial charge < -0.3 is 34.4 Å². The molecule has 6 atom stereocenters. The van der Waals surface area contributed by atoms with Crippen molar-refractivity contribution in [3.63, 3.8) is 0 Å². The Kier molecular flexibility index (Phi) is 12.9. The summed E-state index contributed by atoms with van der Waals surface area (Å²) in [6.45, 7) is 2.10. The summed E-state index contributed by atoms with van der Waals surface area (Å²) in [5.41, 5.74) is -2.24. The Morgan fingerprint density at radius 2 is 1.93 bits per heavy atom. The molecule has 2 rings (SSSR count). The molecule has 0 aromatic carbocycles. The molecule has 0 spiro atoms. The predicted octanol–water partition coefficient (Wildman–Crippen LogP) is 0.397. The Balaban J connectivity index is 2.26. The molecule has 1 saturated heterocycles. The highest BCUT2D eigenvalue weighted by Gasteiger charge is 2.44. The van der Waals surface area contributed by atoms with E-state index >= 15 is 0 Å². The number of rotatable bonds is 13. The molecule has 1 aliphatic rings. The van der Waals surface area contributed by atoms with Crippen LogP contribution in [0.1, 0.15) is 32.1 Å². The number of phosphoric acid groups is 3. The van der Waals surface area contributed by atoms with Crippen LogP contribution in [0, 0.1) is 11.8 Å². The van der Waals surface area contributed by atoms with Gasteiger partial charge in [-0.05, 0) is 13.2 Å². The average Bonchev–Trinajstić information content (AvgIpc) is 3.16.